The molecule has 5 nitrogen and oxygen atoms in total. The Morgan fingerprint density at radius 3 is 2.48 bits per heavy atom. The lowest BCUT2D eigenvalue weighted by atomic mass is 10.2. The summed E-state index contributed by atoms with van der Waals surface area (Å²) in [5.74, 6) is 3.71. The number of hydrazine groups is 1. The summed E-state index contributed by atoms with van der Waals surface area (Å²) in [6.07, 6.45) is 0. The van der Waals surface area contributed by atoms with E-state index in [4.69, 9.17) is 5.84 Å². The van der Waals surface area contributed by atoms with Crippen molar-refractivity contribution in [2.75, 3.05) is 5.43 Å². The van der Waals surface area contributed by atoms with Crippen molar-refractivity contribution in [3.63, 3.8) is 0 Å². The second kappa shape index (κ2) is 6.17. The number of nitrogens with one attached hydrogen (secondary N) is 2. The molecule has 4 N–H and O–H groups in total. The molecule has 0 bridgehead atoms. The third-order valence-electron chi connectivity index (χ3n) is 2.80. The van der Waals surface area contributed by atoms with E-state index in [2.05, 4.69) is 10.1 Å². The Balaban J connectivity index is 2.22. The summed E-state index contributed by atoms with van der Waals surface area (Å²) in [7, 11) is -3.88. The second-order valence-corrected chi connectivity index (χ2v) is 5.94. The maximum atomic E-state index is 13.5. The molecule has 0 atom stereocenters. The van der Waals surface area contributed by atoms with Crippen LogP contribution in [0.15, 0.2) is 47.4 Å². The van der Waals surface area contributed by atoms with Crippen LogP contribution in [0.1, 0.15) is 5.56 Å². The van der Waals surface area contributed by atoms with Gasteiger partial charge in [0.05, 0.1) is 5.69 Å². The quantitative estimate of drug-likeness (QED) is 0.580. The van der Waals surface area contributed by atoms with Crippen LogP contribution in [-0.4, -0.2) is 8.42 Å². The van der Waals surface area contributed by atoms with E-state index in [9.17, 15) is 17.2 Å². The number of nitrogen functional groups attached to an aromatic ring is 1. The first-order valence-corrected chi connectivity index (χ1v) is 7.41. The number of para-hydroxylation sites is 1. The molecule has 0 unspecified atom stereocenters. The largest absolute Gasteiger partial charge is 0.323 e. The first-order valence-electron chi connectivity index (χ1n) is 5.93. The van der Waals surface area contributed by atoms with Gasteiger partial charge in [-0.05, 0) is 18.2 Å². The van der Waals surface area contributed by atoms with E-state index >= 15 is 0 Å². The number of benzene rings is 2. The zero-order valence-corrected chi connectivity index (χ0v) is 11.6. The van der Waals surface area contributed by atoms with Crippen molar-refractivity contribution >= 4 is 15.7 Å². The van der Waals surface area contributed by atoms with E-state index in [1.807, 2.05) is 0 Å². The Morgan fingerprint density at radius 2 is 1.81 bits per heavy atom. The molecule has 0 aliphatic heterocycles. The average Bonchev–Trinajstić information content (AvgIpc) is 2.46. The molecular formula is C13H13F2N3O2S. The topological polar surface area (TPSA) is 84.2 Å². The first-order chi connectivity index (χ1) is 9.94. The highest BCUT2D eigenvalue weighted by atomic mass is 32.2. The van der Waals surface area contributed by atoms with Crippen molar-refractivity contribution in [2.24, 2.45) is 5.84 Å². The minimum Gasteiger partial charge on any atom is -0.323 e. The van der Waals surface area contributed by atoms with Crippen LogP contribution in [0, 0.1) is 11.6 Å². The Labute approximate surface area is 120 Å². The van der Waals surface area contributed by atoms with Gasteiger partial charge >= 0.3 is 0 Å². The van der Waals surface area contributed by atoms with Crippen molar-refractivity contribution in [2.45, 2.75) is 11.4 Å². The molecule has 0 saturated heterocycles. The van der Waals surface area contributed by atoms with Gasteiger partial charge in [0.2, 0.25) is 10.0 Å². The van der Waals surface area contributed by atoms with Crippen LogP contribution in [0.25, 0.3) is 0 Å². The van der Waals surface area contributed by atoms with Crippen molar-refractivity contribution in [1.29, 1.82) is 0 Å². The molecule has 0 amide bonds. The van der Waals surface area contributed by atoms with E-state index < -0.39 is 21.7 Å². The number of hydrogen-bond donors (Lipinski definition) is 3. The Kier molecular flexibility index (Phi) is 4.51. The highest BCUT2D eigenvalue weighted by Crippen LogP contribution is 2.20. The normalized spacial score (nSPS) is 11.4. The average molecular weight is 313 g/mol. The molecule has 0 spiro atoms. The van der Waals surface area contributed by atoms with Crippen LogP contribution in [-0.2, 0) is 16.6 Å². The molecule has 0 aliphatic carbocycles. The summed E-state index contributed by atoms with van der Waals surface area (Å²) in [6.45, 7) is -0.298. The van der Waals surface area contributed by atoms with Crippen LogP contribution >= 0.6 is 0 Å². The summed E-state index contributed by atoms with van der Waals surface area (Å²) >= 11 is 0. The predicted octanol–water partition coefficient (Wildman–Crippen LogP) is 1.73. The zero-order valence-electron chi connectivity index (χ0n) is 10.8. The fourth-order valence-corrected chi connectivity index (χ4v) is 2.91. The molecule has 21 heavy (non-hydrogen) atoms. The molecule has 8 heteroatoms. The van der Waals surface area contributed by atoms with Gasteiger partial charge in [0.1, 0.15) is 16.5 Å². The summed E-state index contributed by atoms with van der Waals surface area (Å²) in [5.41, 5.74) is 2.53. The third kappa shape index (κ3) is 3.54. The van der Waals surface area contributed by atoms with E-state index in [0.29, 0.717) is 6.07 Å². The van der Waals surface area contributed by atoms with Crippen molar-refractivity contribution < 1.29 is 17.2 Å². The SMILES string of the molecule is NNc1ccccc1S(=O)(=O)NCc1ccc(F)cc1F. The Morgan fingerprint density at radius 1 is 1.10 bits per heavy atom. The molecule has 0 radical (unpaired) electrons. The van der Waals surface area contributed by atoms with Gasteiger partial charge < -0.3 is 5.43 Å². The molecular weight excluding hydrogens is 300 g/mol. The summed E-state index contributed by atoms with van der Waals surface area (Å²) in [6, 6.07) is 8.94. The van der Waals surface area contributed by atoms with Crippen LogP contribution in [0.4, 0.5) is 14.5 Å². The number of anilines is 1. The van der Waals surface area contributed by atoms with Crippen molar-refractivity contribution in [3.8, 4) is 0 Å². The Bertz CT molecular complexity index is 751. The Hall–Kier alpha value is -2.03. The van der Waals surface area contributed by atoms with Gasteiger partial charge in [-0.25, -0.2) is 21.9 Å². The summed E-state index contributed by atoms with van der Waals surface area (Å²) in [5, 5.41) is 0. The van der Waals surface area contributed by atoms with Crippen molar-refractivity contribution in [1.82, 2.24) is 4.72 Å². The van der Waals surface area contributed by atoms with E-state index in [0.717, 1.165) is 6.07 Å². The lowest BCUT2D eigenvalue weighted by Gasteiger charge is -2.11. The zero-order chi connectivity index (χ0) is 15.5. The van der Waals surface area contributed by atoms with E-state index in [-0.39, 0.29) is 22.7 Å². The maximum absolute atomic E-state index is 13.5. The monoisotopic (exact) mass is 313 g/mol. The lowest BCUT2D eigenvalue weighted by molar-refractivity contribution is 0.562. The molecule has 0 heterocycles. The number of sulfonamides is 1. The number of hydrogen-bond acceptors (Lipinski definition) is 4. The maximum Gasteiger partial charge on any atom is 0.242 e. The van der Waals surface area contributed by atoms with Gasteiger partial charge in [0.15, 0.2) is 0 Å². The smallest absolute Gasteiger partial charge is 0.242 e. The second-order valence-electron chi connectivity index (χ2n) is 4.20. The highest BCUT2D eigenvalue weighted by Gasteiger charge is 2.18. The van der Waals surface area contributed by atoms with Gasteiger partial charge in [-0.1, -0.05) is 18.2 Å². The predicted molar refractivity (Wildman–Crippen MR) is 74.6 cm³/mol. The molecule has 0 aliphatic rings. The lowest BCUT2D eigenvalue weighted by Crippen LogP contribution is -2.25. The van der Waals surface area contributed by atoms with Gasteiger partial charge in [-0.15, -0.1) is 0 Å². The van der Waals surface area contributed by atoms with Crippen LogP contribution in [0.2, 0.25) is 0 Å². The van der Waals surface area contributed by atoms with E-state index in [1.54, 1.807) is 6.07 Å². The molecule has 112 valence electrons. The minimum atomic E-state index is -3.88. The molecule has 0 aromatic heterocycles. The molecule has 0 fully saturated rings. The summed E-state index contributed by atoms with van der Waals surface area (Å²) < 4.78 is 52.8. The number of rotatable bonds is 5. The summed E-state index contributed by atoms with van der Waals surface area (Å²) in [4.78, 5) is -0.0602. The molecule has 0 saturated carbocycles. The van der Waals surface area contributed by atoms with E-state index in [1.165, 1.54) is 24.3 Å². The first kappa shape index (κ1) is 15.4. The third-order valence-corrected chi connectivity index (χ3v) is 4.26. The highest BCUT2D eigenvalue weighted by molar-refractivity contribution is 7.89. The number of halogens is 2. The van der Waals surface area contributed by atoms with Gasteiger partial charge in [-0.3, -0.25) is 5.84 Å². The van der Waals surface area contributed by atoms with Gasteiger partial charge in [0, 0.05) is 18.2 Å². The van der Waals surface area contributed by atoms with Crippen LogP contribution < -0.4 is 16.0 Å². The fraction of sp³-hybridized carbons (Fsp3) is 0.0769. The molecule has 2 aromatic rings. The van der Waals surface area contributed by atoms with Gasteiger partial charge in [0.25, 0.3) is 0 Å². The van der Waals surface area contributed by atoms with Crippen LogP contribution in [0.3, 0.4) is 0 Å². The van der Waals surface area contributed by atoms with Crippen molar-refractivity contribution in [3.05, 3.63) is 59.7 Å². The molecule has 2 rings (SSSR count). The minimum absolute atomic E-state index is 0.0400. The van der Waals surface area contributed by atoms with Gasteiger partial charge in [-0.2, -0.15) is 0 Å². The molecule has 2 aromatic carbocycles. The fourth-order valence-electron chi connectivity index (χ4n) is 1.74. The standard InChI is InChI=1S/C13H13F2N3O2S/c14-10-6-5-9(11(15)7-10)8-17-21(19,20)13-4-2-1-3-12(13)18-16/h1-7,17-18H,8,16H2. The van der Waals surface area contributed by atoms with Crippen LogP contribution in [0.5, 0.6) is 0 Å². The number of nitrogens with two attached hydrogens (primary N) is 1.